The number of ether oxygens (including phenoxy) is 2. The molecule has 0 atom stereocenters. The molecule has 0 bridgehead atoms. The SMILES string of the molecule is COc1ccccc1NC(=O)C(=O)N/N=C(\C)c1ccccc1OC(=O)c1ccc(C)cc1. The number of amides is 2. The van der Waals surface area contributed by atoms with Gasteiger partial charge in [-0.1, -0.05) is 42.0 Å². The van der Waals surface area contributed by atoms with Gasteiger partial charge in [-0.2, -0.15) is 5.10 Å². The number of aryl methyl sites for hydroxylation is 1. The van der Waals surface area contributed by atoms with E-state index in [1.54, 1.807) is 67.6 Å². The first-order valence-corrected chi connectivity index (χ1v) is 10.1. The number of carbonyl (C=O) groups is 3. The van der Waals surface area contributed by atoms with Crippen LogP contribution in [0.3, 0.4) is 0 Å². The number of rotatable bonds is 6. The van der Waals surface area contributed by atoms with Crippen molar-refractivity contribution in [1.82, 2.24) is 5.43 Å². The fourth-order valence-corrected chi connectivity index (χ4v) is 2.88. The van der Waals surface area contributed by atoms with Gasteiger partial charge >= 0.3 is 17.8 Å². The molecular weight excluding hydrogens is 422 g/mol. The summed E-state index contributed by atoms with van der Waals surface area (Å²) in [6.45, 7) is 3.55. The zero-order valence-electron chi connectivity index (χ0n) is 18.4. The molecule has 2 amide bonds. The molecule has 33 heavy (non-hydrogen) atoms. The van der Waals surface area contributed by atoms with Crippen LogP contribution in [-0.2, 0) is 9.59 Å². The van der Waals surface area contributed by atoms with Crippen LogP contribution in [-0.4, -0.2) is 30.6 Å². The lowest BCUT2D eigenvalue weighted by Crippen LogP contribution is -2.33. The summed E-state index contributed by atoms with van der Waals surface area (Å²) in [6, 6.07) is 20.5. The maximum Gasteiger partial charge on any atom is 0.343 e. The Kier molecular flexibility index (Phi) is 7.54. The first kappa shape index (κ1) is 23.2. The van der Waals surface area contributed by atoms with Crippen molar-refractivity contribution < 1.29 is 23.9 Å². The van der Waals surface area contributed by atoms with Crippen LogP contribution in [0, 0.1) is 6.92 Å². The summed E-state index contributed by atoms with van der Waals surface area (Å²) in [4.78, 5) is 36.9. The number of nitrogens with one attached hydrogen (secondary N) is 2. The van der Waals surface area contributed by atoms with E-state index in [-0.39, 0.29) is 5.75 Å². The Morgan fingerprint density at radius 3 is 2.15 bits per heavy atom. The van der Waals surface area contributed by atoms with Crippen molar-refractivity contribution in [2.24, 2.45) is 5.10 Å². The number of hydrogen-bond donors (Lipinski definition) is 2. The third kappa shape index (κ3) is 6.04. The van der Waals surface area contributed by atoms with Gasteiger partial charge in [0.05, 0.1) is 24.1 Å². The van der Waals surface area contributed by atoms with Gasteiger partial charge in [0.1, 0.15) is 11.5 Å². The Hall–Kier alpha value is -4.46. The second kappa shape index (κ2) is 10.7. The van der Waals surface area contributed by atoms with Crippen LogP contribution in [0.2, 0.25) is 0 Å². The van der Waals surface area contributed by atoms with Crippen LogP contribution in [0.4, 0.5) is 5.69 Å². The molecule has 0 unspecified atom stereocenters. The summed E-state index contributed by atoms with van der Waals surface area (Å²) in [5, 5.41) is 6.46. The molecule has 0 saturated carbocycles. The lowest BCUT2D eigenvalue weighted by atomic mass is 10.1. The molecule has 0 aliphatic heterocycles. The van der Waals surface area contributed by atoms with Crippen molar-refractivity contribution in [3.05, 3.63) is 89.5 Å². The van der Waals surface area contributed by atoms with Gasteiger partial charge in [-0.15, -0.1) is 0 Å². The fraction of sp³-hybridized carbons (Fsp3) is 0.120. The van der Waals surface area contributed by atoms with Gasteiger partial charge in [0, 0.05) is 5.56 Å². The number of nitrogens with zero attached hydrogens (tertiary/aromatic N) is 1. The molecule has 8 heteroatoms. The predicted molar refractivity (Wildman–Crippen MR) is 125 cm³/mol. The summed E-state index contributed by atoms with van der Waals surface area (Å²) in [6.07, 6.45) is 0. The Morgan fingerprint density at radius 2 is 1.45 bits per heavy atom. The molecule has 0 heterocycles. The van der Waals surface area contributed by atoms with E-state index in [1.807, 2.05) is 19.1 Å². The lowest BCUT2D eigenvalue weighted by molar-refractivity contribution is -0.136. The Labute approximate surface area is 191 Å². The monoisotopic (exact) mass is 445 g/mol. The minimum atomic E-state index is -0.964. The molecule has 0 radical (unpaired) electrons. The molecule has 0 saturated heterocycles. The Bertz CT molecular complexity index is 1200. The second-order valence-corrected chi connectivity index (χ2v) is 7.04. The topological polar surface area (TPSA) is 106 Å². The number of esters is 1. The van der Waals surface area contributed by atoms with Crippen molar-refractivity contribution in [3.8, 4) is 11.5 Å². The average molecular weight is 445 g/mol. The molecule has 3 rings (SSSR count). The molecule has 0 fully saturated rings. The normalized spacial score (nSPS) is 10.8. The van der Waals surface area contributed by atoms with E-state index in [0.29, 0.717) is 28.3 Å². The minimum Gasteiger partial charge on any atom is -0.495 e. The highest BCUT2D eigenvalue weighted by Crippen LogP contribution is 2.23. The van der Waals surface area contributed by atoms with Crippen molar-refractivity contribution in [3.63, 3.8) is 0 Å². The third-order valence-corrected chi connectivity index (χ3v) is 4.65. The molecule has 0 aliphatic rings. The molecule has 0 spiro atoms. The Balaban J connectivity index is 1.69. The average Bonchev–Trinajstić information content (AvgIpc) is 2.83. The van der Waals surface area contributed by atoms with Crippen LogP contribution in [0.1, 0.15) is 28.4 Å². The second-order valence-electron chi connectivity index (χ2n) is 7.04. The molecule has 2 N–H and O–H groups in total. The number of anilines is 1. The van der Waals surface area contributed by atoms with Crippen molar-refractivity contribution in [2.45, 2.75) is 13.8 Å². The number of methoxy groups -OCH3 is 1. The number of carbonyl (C=O) groups excluding carboxylic acids is 3. The summed E-state index contributed by atoms with van der Waals surface area (Å²) >= 11 is 0. The molecule has 8 nitrogen and oxygen atoms in total. The van der Waals surface area contributed by atoms with Gasteiger partial charge in [-0.25, -0.2) is 10.2 Å². The number of para-hydroxylation sites is 3. The molecule has 0 aliphatic carbocycles. The number of hydrogen-bond acceptors (Lipinski definition) is 6. The fourth-order valence-electron chi connectivity index (χ4n) is 2.88. The third-order valence-electron chi connectivity index (χ3n) is 4.65. The van der Waals surface area contributed by atoms with Gasteiger partial charge in [0.2, 0.25) is 0 Å². The molecule has 3 aromatic carbocycles. The zero-order valence-corrected chi connectivity index (χ0v) is 18.4. The lowest BCUT2D eigenvalue weighted by Gasteiger charge is -2.11. The largest absolute Gasteiger partial charge is 0.495 e. The van der Waals surface area contributed by atoms with Crippen molar-refractivity contribution in [2.75, 3.05) is 12.4 Å². The first-order valence-electron chi connectivity index (χ1n) is 10.1. The number of benzene rings is 3. The summed E-state index contributed by atoms with van der Waals surface area (Å²) in [7, 11) is 1.46. The van der Waals surface area contributed by atoms with E-state index in [1.165, 1.54) is 7.11 Å². The summed E-state index contributed by atoms with van der Waals surface area (Å²) < 4.78 is 10.7. The van der Waals surface area contributed by atoms with Crippen molar-refractivity contribution >= 4 is 29.2 Å². The highest BCUT2D eigenvalue weighted by Gasteiger charge is 2.17. The molecule has 3 aromatic rings. The summed E-state index contributed by atoms with van der Waals surface area (Å²) in [5.74, 6) is -1.69. The zero-order chi connectivity index (χ0) is 23.8. The van der Waals surface area contributed by atoms with Gasteiger partial charge in [0.15, 0.2) is 0 Å². The van der Waals surface area contributed by atoms with Crippen LogP contribution < -0.4 is 20.2 Å². The standard InChI is InChI=1S/C25H23N3O5/c1-16-12-14-18(15-13-16)25(31)33-21-10-6-4-8-19(21)17(2)27-28-24(30)23(29)26-20-9-5-7-11-22(20)32-3/h4-15H,1-3H3,(H,26,29)(H,28,30)/b27-17+. The van der Waals surface area contributed by atoms with Crippen LogP contribution >= 0.6 is 0 Å². The van der Waals surface area contributed by atoms with Crippen molar-refractivity contribution in [1.29, 1.82) is 0 Å². The Morgan fingerprint density at radius 1 is 0.818 bits per heavy atom. The molecule has 0 aromatic heterocycles. The van der Waals surface area contributed by atoms with E-state index < -0.39 is 17.8 Å². The van der Waals surface area contributed by atoms with Crippen LogP contribution in [0.15, 0.2) is 77.9 Å². The van der Waals surface area contributed by atoms with Gasteiger partial charge in [0.25, 0.3) is 0 Å². The quantitative estimate of drug-likeness (QED) is 0.198. The molecular formula is C25H23N3O5. The van der Waals surface area contributed by atoms with Gasteiger partial charge < -0.3 is 14.8 Å². The minimum absolute atomic E-state index is 0.275. The predicted octanol–water partition coefficient (Wildman–Crippen LogP) is 3.70. The van der Waals surface area contributed by atoms with E-state index in [2.05, 4.69) is 15.8 Å². The van der Waals surface area contributed by atoms with E-state index in [9.17, 15) is 14.4 Å². The van der Waals surface area contributed by atoms with E-state index >= 15 is 0 Å². The summed E-state index contributed by atoms with van der Waals surface area (Å²) in [5.41, 5.74) is 4.84. The van der Waals surface area contributed by atoms with Crippen LogP contribution in [0.25, 0.3) is 0 Å². The van der Waals surface area contributed by atoms with Gasteiger partial charge in [-0.3, -0.25) is 9.59 Å². The first-order chi connectivity index (χ1) is 15.9. The highest BCUT2D eigenvalue weighted by molar-refractivity contribution is 6.39. The highest BCUT2D eigenvalue weighted by atomic mass is 16.5. The van der Waals surface area contributed by atoms with Gasteiger partial charge in [-0.05, 0) is 50.2 Å². The molecule has 168 valence electrons. The van der Waals surface area contributed by atoms with E-state index in [0.717, 1.165) is 5.56 Å². The maximum atomic E-state index is 12.5. The smallest absolute Gasteiger partial charge is 0.343 e. The number of hydrazone groups is 1. The van der Waals surface area contributed by atoms with Crippen LogP contribution in [0.5, 0.6) is 11.5 Å². The van der Waals surface area contributed by atoms with E-state index in [4.69, 9.17) is 9.47 Å². The maximum absolute atomic E-state index is 12.5.